The number of imide groups is 1. The smallest absolute Gasteiger partial charge is 0.408 e. The predicted molar refractivity (Wildman–Crippen MR) is 180 cm³/mol. The first kappa shape index (κ1) is 33.9. The summed E-state index contributed by atoms with van der Waals surface area (Å²) in [7, 11) is 0. The molecular weight excluding hydrogens is 648 g/mol. The number of nitrogens with one attached hydrogen (secondary N) is 1. The second kappa shape index (κ2) is 15.5. The van der Waals surface area contributed by atoms with Crippen molar-refractivity contribution in [2.45, 2.75) is 55.5 Å². The van der Waals surface area contributed by atoms with E-state index in [0.29, 0.717) is 28.3 Å². The van der Waals surface area contributed by atoms with Gasteiger partial charge in [0, 0.05) is 22.6 Å². The third-order valence-corrected chi connectivity index (χ3v) is 9.44. The number of aliphatic hydroxyl groups excluding tert-OH is 1. The number of carbonyl (C=O) groups is 4. The molecule has 0 saturated carbocycles. The van der Waals surface area contributed by atoms with E-state index in [2.05, 4.69) is 5.32 Å². The summed E-state index contributed by atoms with van der Waals surface area (Å²) in [5.41, 5.74) is 3.67. The third-order valence-electron chi connectivity index (χ3n) is 8.23. The number of hydrogen-bond acceptors (Lipinski definition) is 9. The third kappa shape index (κ3) is 8.18. The van der Waals surface area contributed by atoms with Gasteiger partial charge in [0.25, 0.3) is 5.91 Å². The molecule has 12 heteroatoms. The maximum Gasteiger partial charge on any atom is 0.408 e. The number of rotatable bonds is 11. The van der Waals surface area contributed by atoms with Gasteiger partial charge in [-0.05, 0) is 41.0 Å². The Morgan fingerprint density at radius 1 is 0.857 bits per heavy atom. The molecule has 0 bridgehead atoms. The monoisotopic (exact) mass is 682 g/mol. The number of carboxylic acid groups (broad SMARTS) is 1. The van der Waals surface area contributed by atoms with Crippen LogP contribution in [0.2, 0.25) is 0 Å². The Morgan fingerprint density at radius 3 is 2.27 bits per heavy atom. The highest BCUT2D eigenvalue weighted by molar-refractivity contribution is 7.99. The van der Waals surface area contributed by atoms with E-state index in [0.717, 1.165) is 21.6 Å². The molecule has 0 spiro atoms. The van der Waals surface area contributed by atoms with Gasteiger partial charge in [0.05, 0.1) is 36.5 Å². The second-order valence-corrected chi connectivity index (χ2v) is 12.6. The fourth-order valence-electron chi connectivity index (χ4n) is 5.68. The minimum atomic E-state index is -1.05. The lowest BCUT2D eigenvalue weighted by Crippen LogP contribution is -2.42. The minimum Gasteiger partial charge on any atom is -0.478 e. The van der Waals surface area contributed by atoms with Crippen molar-refractivity contribution in [3.63, 3.8) is 0 Å². The predicted octanol–water partition coefficient (Wildman–Crippen LogP) is 5.77. The highest BCUT2D eigenvalue weighted by atomic mass is 32.2. The van der Waals surface area contributed by atoms with E-state index in [-0.39, 0.29) is 37.4 Å². The Morgan fingerprint density at radius 2 is 1.55 bits per heavy atom. The highest BCUT2D eigenvalue weighted by Gasteiger charge is 2.41. The summed E-state index contributed by atoms with van der Waals surface area (Å²) in [5.74, 6) is -1.56. The van der Waals surface area contributed by atoms with Crippen molar-refractivity contribution in [1.82, 2.24) is 5.32 Å². The van der Waals surface area contributed by atoms with Crippen molar-refractivity contribution < 1.29 is 43.6 Å². The number of aromatic carboxylic acids is 1. The Labute approximate surface area is 286 Å². The van der Waals surface area contributed by atoms with Crippen molar-refractivity contribution in [2.24, 2.45) is 0 Å². The van der Waals surface area contributed by atoms with Gasteiger partial charge in [-0.25, -0.2) is 14.5 Å². The molecule has 2 heterocycles. The number of alkyl carbamates (subject to hydrolysis) is 1. The molecule has 11 nitrogen and oxygen atoms in total. The van der Waals surface area contributed by atoms with Crippen LogP contribution in [-0.2, 0) is 37.0 Å². The zero-order valence-electron chi connectivity index (χ0n) is 26.3. The van der Waals surface area contributed by atoms with Crippen LogP contribution in [0.4, 0.5) is 10.5 Å². The van der Waals surface area contributed by atoms with Crippen molar-refractivity contribution in [2.75, 3.05) is 10.7 Å². The summed E-state index contributed by atoms with van der Waals surface area (Å²) < 4.78 is 18.0. The fourth-order valence-corrected chi connectivity index (χ4v) is 6.74. The number of thioether (sulfide) groups is 1. The van der Waals surface area contributed by atoms with Crippen LogP contribution in [-0.4, -0.2) is 52.0 Å². The van der Waals surface area contributed by atoms with Gasteiger partial charge in [0.2, 0.25) is 5.91 Å². The van der Waals surface area contributed by atoms with Crippen LogP contribution in [0, 0.1) is 0 Å². The van der Waals surface area contributed by atoms with Crippen molar-refractivity contribution in [3.05, 3.63) is 131 Å². The summed E-state index contributed by atoms with van der Waals surface area (Å²) in [6.45, 7) is -0.0503. The molecule has 4 aromatic carbocycles. The number of ether oxygens (including phenoxy) is 3. The Kier molecular flexibility index (Phi) is 10.7. The van der Waals surface area contributed by atoms with Gasteiger partial charge in [-0.15, -0.1) is 11.8 Å². The van der Waals surface area contributed by atoms with Gasteiger partial charge in [-0.3, -0.25) is 9.59 Å². The first-order valence-electron chi connectivity index (χ1n) is 15.7. The number of aliphatic hydroxyl groups is 1. The van der Waals surface area contributed by atoms with Crippen molar-refractivity contribution in [1.29, 1.82) is 0 Å². The van der Waals surface area contributed by atoms with Crippen molar-refractivity contribution in [3.8, 4) is 0 Å². The van der Waals surface area contributed by atoms with E-state index in [4.69, 9.17) is 14.2 Å². The van der Waals surface area contributed by atoms with Gasteiger partial charge in [-0.1, -0.05) is 78.9 Å². The van der Waals surface area contributed by atoms with E-state index in [1.807, 2.05) is 54.6 Å². The molecule has 4 aromatic rings. The van der Waals surface area contributed by atoms with E-state index in [9.17, 15) is 29.4 Å². The number of amides is 3. The van der Waals surface area contributed by atoms with Crippen LogP contribution >= 0.6 is 11.8 Å². The highest BCUT2D eigenvalue weighted by Crippen LogP contribution is 2.40. The lowest BCUT2D eigenvalue weighted by Gasteiger charge is -2.36. The molecule has 0 aliphatic carbocycles. The lowest BCUT2D eigenvalue weighted by molar-refractivity contribution is -0.245. The summed E-state index contributed by atoms with van der Waals surface area (Å²) in [5, 5.41) is 21.6. The maximum absolute atomic E-state index is 13.2. The molecule has 252 valence electrons. The quantitative estimate of drug-likeness (QED) is 0.131. The lowest BCUT2D eigenvalue weighted by atomic mass is 10.0. The van der Waals surface area contributed by atoms with Crippen molar-refractivity contribution >= 4 is 41.3 Å². The molecule has 4 unspecified atom stereocenters. The normalized spacial score (nSPS) is 20.6. The Hall–Kier alpha value is -5.01. The summed E-state index contributed by atoms with van der Waals surface area (Å²) in [6.07, 6.45) is -1.96. The van der Waals surface area contributed by atoms with Gasteiger partial charge in [0.15, 0.2) is 6.29 Å². The molecule has 3 N–H and O–H groups in total. The summed E-state index contributed by atoms with van der Waals surface area (Å²) in [6, 6.07) is 29.0. The largest absolute Gasteiger partial charge is 0.478 e. The van der Waals surface area contributed by atoms with Gasteiger partial charge in [-0.2, -0.15) is 0 Å². The fraction of sp³-hybridized carbons (Fsp3) is 0.243. The number of benzene rings is 4. The van der Waals surface area contributed by atoms with E-state index in [1.54, 1.807) is 48.5 Å². The molecule has 2 aliphatic heterocycles. The number of carboxylic acids is 1. The van der Waals surface area contributed by atoms with E-state index >= 15 is 0 Å². The van der Waals surface area contributed by atoms with Crippen LogP contribution < -0.4 is 10.2 Å². The van der Waals surface area contributed by atoms with Gasteiger partial charge < -0.3 is 29.7 Å². The van der Waals surface area contributed by atoms with Crippen LogP contribution in [0.5, 0.6) is 0 Å². The standard InChI is InChI=1S/C37H34N2O9S/c40-20-23-10-12-25(13-11-23)31-18-28(22-49-32-9-5-4-8-29(32)35(43)44)47-36(48-31)26-14-16-27(17-15-26)39-33(41)19-30(34(39)42)38-37(45)46-21-24-6-2-1-3-7-24/h1-17,28,30-31,36,40H,18-22H2,(H,38,45)(H,43,44). The maximum atomic E-state index is 13.2. The molecule has 0 aromatic heterocycles. The van der Waals surface area contributed by atoms with Crippen LogP contribution in [0.15, 0.2) is 108 Å². The zero-order valence-corrected chi connectivity index (χ0v) is 27.1. The number of anilines is 1. The molecule has 0 radical (unpaired) electrons. The minimum absolute atomic E-state index is 0.0298. The summed E-state index contributed by atoms with van der Waals surface area (Å²) in [4.78, 5) is 51.9. The van der Waals surface area contributed by atoms with Crippen LogP contribution in [0.1, 0.15) is 57.8 Å². The summed E-state index contributed by atoms with van der Waals surface area (Å²) >= 11 is 1.39. The molecule has 2 saturated heterocycles. The van der Waals surface area contributed by atoms with E-state index < -0.39 is 36.2 Å². The molecular formula is C37H34N2O9S. The molecule has 49 heavy (non-hydrogen) atoms. The molecule has 4 atom stereocenters. The topological polar surface area (TPSA) is 152 Å². The number of carbonyl (C=O) groups excluding carboxylic acids is 3. The SMILES string of the molecule is O=C(NC1CC(=O)N(c2ccc(C3OC(CSc4ccccc4C(=O)O)CC(c4ccc(CO)cc4)O3)cc2)C1=O)OCc1ccccc1. The first-order chi connectivity index (χ1) is 23.8. The van der Waals surface area contributed by atoms with Crippen LogP contribution in [0.25, 0.3) is 0 Å². The average Bonchev–Trinajstić information content (AvgIpc) is 3.41. The Balaban J connectivity index is 1.14. The second-order valence-electron chi connectivity index (χ2n) is 11.6. The van der Waals surface area contributed by atoms with Crippen LogP contribution in [0.3, 0.4) is 0 Å². The van der Waals surface area contributed by atoms with Gasteiger partial charge >= 0.3 is 12.1 Å². The Bertz CT molecular complexity index is 1800. The molecule has 2 aliphatic rings. The average molecular weight is 683 g/mol. The molecule has 6 rings (SSSR count). The van der Waals surface area contributed by atoms with Gasteiger partial charge in [0.1, 0.15) is 12.6 Å². The van der Waals surface area contributed by atoms with E-state index in [1.165, 1.54) is 11.8 Å². The number of nitrogens with zero attached hydrogens (tertiary/aromatic N) is 1. The molecule has 2 fully saturated rings. The molecule has 3 amide bonds. The first-order valence-corrected chi connectivity index (χ1v) is 16.7. The zero-order chi connectivity index (χ0) is 34.3. The number of hydrogen-bond donors (Lipinski definition) is 3.